The van der Waals surface area contributed by atoms with Gasteiger partial charge in [-0.1, -0.05) is 22.9 Å². The quantitative estimate of drug-likeness (QED) is 0.214. The minimum absolute atomic E-state index is 0.152. The Labute approximate surface area is 190 Å². The molecule has 0 N–H and O–H groups in total. The van der Waals surface area contributed by atoms with Crippen LogP contribution in [-0.4, -0.2) is 39.9 Å². The summed E-state index contributed by atoms with van der Waals surface area (Å²) >= 11 is 4.13. The van der Waals surface area contributed by atoms with Gasteiger partial charge in [-0.05, 0) is 54.6 Å². The fourth-order valence-electron chi connectivity index (χ4n) is 2.76. The van der Waals surface area contributed by atoms with Crippen LogP contribution in [0.25, 0.3) is 6.08 Å². The van der Waals surface area contributed by atoms with E-state index in [4.69, 9.17) is 4.74 Å². The van der Waals surface area contributed by atoms with E-state index in [1.54, 1.807) is 18.2 Å². The van der Waals surface area contributed by atoms with Crippen LogP contribution in [0.5, 0.6) is 5.75 Å². The zero-order valence-electron chi connectivity index (χ0n) is 16.4. The minimum Gasteiger partial charge on any atom is -0.493 e. The molecule has 2 amide bonds. The van der Waals surface area contributed by atoms with Crippen LogP contribution in [0.15, 0.2) is 51.8 Å². The molecule has 0 unspecified atom stereocenters. The van der Waals surface area contributed by atoms with E-state index in [2.05, 4.69) is 15.9 Å². The number of halogens is 1. The van der Waals surface area contributed by atoms with E-state index < -0.39 is 28.4 Å². The maximum absolute atomic E-state index is 12.8. The van der Waals surface area contributed by atoms with Crippen LogP contribution in [0.4, 0.5) is 10.5 Å². The number of ether oxygens (including phenoxy) is 1. The molecule has 0 atom stereocenters. The fraction of sp³-hybridized carbons (Fsp3) is 0.190. The van der Waals surface area contributed by atoms with E-state index in [9.17, 15) is 24.5 Å². The Balaban J connectivity index is 1.79. The molecule has 0 bridgehead atoms. The average molecular weight is 505 g/mol. The maximum atomic E-state index is 12.8. The standard InChI is InChI=1S/C21H17BrN2O6S/c1-2-9-30-18-8-5-15(22)10-14(18)11-19-20(26)23(21(27)31-19)12-17(25)13-3-6-16(7-4-13)24(28)29/h3-8,10-11H,2,9,12H2,1H3/b19-11+. The average Bonchev–Trinajstić information content (AvgIpc) is 3.00. The normalized spacial score (nSPS) is 14.9. The number of rotatable bonds is 8. The third-order valence-corrected chi connectivity index (χ3v) is 5.70. The summed E-state index contributed by atoms with van der Waals surface area (Å²) in [6, 6.07) is 10.4. The van der Waals surface area contributed by atoms with E-state index in [-0.39, 0.29) is 16.2 Å². The van der Waals surface area contributed by atoms with Crippen molar-refractivity contribution in [2.75, 3.05) is 13.2 Å². The van der Waals surface area contributed by atoms with Crippen molar-refractivity contribution >= 4 is 56.4 Å². The van der Waals surface area contributed by atoms with Crippen molar-refractivity contribution in [3.8, 4) is 5.75 Å². The number of thioether (sulfide) groups is 1. The van der Waals surface area contributed by atoms with Crippen molar-refractivity contribution in [1.29, 1.82) is 0 Å². The van der Waals surface area contributed by atoms with E-state index >= 15 is 0 Å². The first-order valence-electron chi connectivity index (χ1n) is 9.25. The second kappa shape index (κ2) is 9.88. The molecule has 1 fully saturated rings. The third kappa shape index (κ3) is 5.39. The van der Waals surface area contributed by atoms with Crippen LogP contribution in [0.1, 0.15) is 29.3 Å². The van der Waals surface area contributed by atoms with Crippen molar-refractivity contribution in [2.24, 2.45) is 0 Å². The molecule has 8 nitrogen and oxygen atoms in total. The lowest BCUT2D eigenvalue weighted by atomic mass is 10.1. The zero-order valence-corrected chi connectivity index (χ0v) is 18.8. The highest BCUT2D eigenvalue weighted by Crippen LogP contribution is 2.35. The second-order valence-electron chi connectivity index (χ2n) is 6.53. The second-order valence-corrected chi connectivity index (χ2v) is 8.43. The first-order chi connectivity index (χ1) is 14.8. The van der Waals surface area contributed by atoms with Crippen LogP contribution in [0, 0.1) is 10.1 Å². The molecule has 0 spiro atoms. The Morgan fingerprint density at radius 2 is 1.94 bits per heavy atom. The number of imide groups is 1. The highest BCUT2D eigenvalue weighted by molar-refractivity contribution is 9.10. The predicted octanol–water partition coefficient (Wildman–Crippen LogP) is 5.07. The molecule has 2 aromatic rings. The van der Waals surface area contributed by atoms with Gasteiger partial charge in [-0.15, -0.1) is 0 Å². The third-order valence-electron chi connectivity index (χ3n) is 4.30. The molecule has 160 valence electrons. The fourth-order valence-corrected chi connectivity index (χ4v) is 3.97. The molecule has 0 saturated carbocycles. The number of nitro benzene ring substituents is 1. The topological polar surface area (TPSA) is 107 Å². The van der Waals surface area contributed by atoms with Gasteiger partial charge in [0.25, 0.3) is 16.8 Å². The van der Waals surface area contributed by atoms with Gasteiger partial charge in [0.15, 0.2) is 5.78 Å². The van der Waals surface area contributed by atoms with Crippen molar-refractivity contribution < 1.29 is 24.0 Å². The summed E-state index contributed by atoms with van der Waals surface area (Å²) in [7, 11) is 0. The van der Waals surface area contributed by atoms with Crippen molar-refractivity contribution in [2.45, 2.75) is 13.3 Å². The first kappa shape index (κ1) is 22.7. The Kier molecular flexibility index (Phi) is 7.24. The first-order valence-corrected chi connectivity index (χ1v) is 10.9. The van der Waals surface area contributed by atoms with E-state index in [1.165, 1.54) is 24.3 Å². The Hall–Kier alpha value is -2.98. The van der Waals surface area contributed by atoms with Gasteiger partial charge in [0.05, 0.1) is 23.0 Å². The number of carbonyl (C=O) groups excluding carboxylic acids is 3. The van der Waals surface area contributed by atoms with Crippen molar-refractivity contribution in [3.63, 3.8) is 0 Å². The summed E-state index contributed by atoms with van der Waals surface area (Å²) in [6.45, 7) is 2.04. The molecule has 1 saturated heterocycles. The molecule has 1 aliphatic rings. The number of amides is 2. The van der Waals surface area contributed by atoms with Crippen LogP contribution < -0.4 is 4.74 Å². The molecule has 2 aromatic carbocycles. The molecule has 0 aromatic heterocycles. The van der Waals surface area contributed by atoms with Crippen molar-refractivity contribution in [1.82, 2.24) is 4.90 Å². The van der Waals surface area contributed by atoms with Gasteiger partial charge in [0, 0.05) is 27.7 Å². The minimum atomic E-state index is -0.577. The molecule has 0 radical (unpaired) electrons. The van der Waals surface area contributed by atoms with Gasteiger partial charge >= 0.3 is 0 Å². The smallest absolute Gasteiger partial charge is 0.293 e. The molecule has 0 aliphatic carbocycles. The molecule has 10 heteroatoms. The highest BCUT2D eigenvalue weighted by Gasteiger charge is 2.36. The lowest BCUT2D eigenvalue weighted by molar-refractivity contribution is -0.384. The summed E-state index contributed by atoms with van der Waals surface area (Å²) in [4.78, 5) is 48.8. The Morgan fingerprint density at radius 3 is 2.58 bits per heavy atom. The number of benzene rings is 2. The van der Waals surface area contributed by atoms with Gasteiger partial charge < -0.3 is 4.74 Å². The lowest BCUT2D eigenvalue weighted by Gasteiger charge is -2.11. The summed E-state index contributed by atoms with van der Waals surface area (Å²) in [5.74, 6) is -0.488. The molecule has 31 heavy (non-hydrogen) atoms. The Bertz CT molecular complexity index is 1080. The van der Waals surface area contributed by atoms with E-state index in [0.717, 1.165) is 27.6 Å². The largest absolute Gasteiger partial charge is 0.493 e. The maximum Gasteiger partial charge on any atom is 0.293 e. The number of hydrogen-bond acceptors (Lipinski definition) is 7. The predicted molar refractivity (Wildman–Crippen MR) is 120 cm³/mol. The van der Waals surface area contributed by atoms with Gasteiger partial charge in [-0.2, -0.15) is 0 Å². The number of hydrogen-bond donors (Lipinski definition) is 0. The SMILES string of the molecule is CCCOc1ccc(Br)cc1/C=C1/SC(=O)N(CC(=O)c2ccc([N+](=O)[O-])cc2)C1=O. The molecular formula is C21H17BrN2O6S. The van der Waals surface area contributed by atoms with Crippen LogP contribution in [0.3, 0.4) is 0 Å². The zero-order chi connectivity index (χ0) is 22.5. The summed E-state index contributed by atoms with van der Waals surface area (Å²) < 4.78 is 6.49. The number of carbonyl (C=O) groups is 3. The number of non-ortho nitro benzene ring substituents is 1. The number of Topliss-reactive ketones (excluding diaryl/α,β-unsaturated/α-hetero) is 1. The number of nitro groups is 1. The highest BCUT2D eigenvalue weighted by atomic mass is 79.9. The molecule has 3 rings (SSSR count). The lowest BCUT2D eigenvalue weighted by Crippen LogP contribution is -2.33. The van der Waals surface area contributed by atoms with E-state index in [1.807, 2.05) is 13.0 Å². The Morgan fingerprint density at radius 1 is 1.23 bits per heavy atom. The van der Waals surface area contributed by atoms with Gasteiger partial charge in [-0.3, -0.25) is 29.4 Å². The van der Waals surface area contributed by atoms with Gasteiger partial charge in [-0.25, -0.2) is 0 Å². The number of ketones is 1. The van der Waals surface area contributed by atoms with E-state index in [0.29, 0.717) is 17.9 Å². The summed E-state index contributed by atoms with van der Waals surface area (Å²) in [5.41, 5.74) is 0.659. The van der Waals surface area contributed by atoms with Crippen LogP contribution in [0.2, 0.25) is 0 Å². The molecule has 1 heterocycles. The number of nitrogens with zero attached hydrogens (tertiary/aromatic N) is 2. The molecule has 1 aliphatic heterocycles. The van der Waals surface area contributed by atoms with Crippen LogP contribution in [-0.2, 0) is 4.79 Å². The van der Waals surface area contributed by atoms with Gasteiger partial charge in [0.1, 0.15) is 5.75 Å². The van der Waals surface area contributed by atoms with Crippen molar-refractivity contribution in [3.05, 3.63) is 73.1 Å². The molecular weight excluding hydrogens is 488 g/mol. The summed E-state index contributed by atoms with van der Waals surface area (Å²) in [5, 5.41) is 10.2. The summed E-state index contributed by atoms with van der Waals surface area (Å²) in [6.07, 6.45) is 2.38. The van der Waals surface area contributed by atoms with Crippen LogP contribution >= 0.6 is 27.7 Å². The van der Waals surface area contributed by atoms with Gasteiger partial charge in [0.2, 0.25) is 0 Å². The monoisotopic (exact) mass is 504 g/mol.